The molecule has 0 bridgehead atoms. The van der Waals surface area contributed by atoms with Gasteiger partial charge in [0, 0.05) is 5.54 Å². The van der Waals surface area contributed by atoms with E-state index >= 15 is 0 Å². The first-order chi connectivity index (χ1) is 9.43. The molecular weight excluding hydrogens is 290 g/mol. The van der Waals surface area contributed by atoms with Crippen LogP contribution in [0.15, 0.2) is 29.2 Å². The van der Waals surface area contributed by atoms with Crippen LogP contribution in [0.2, 0.25) is 0 Å². The minimum absolute atomic E-state index is 0.0199. The van der Waals surface area contributed by atoms with Crippen LogP contribution in [0.3, 0.4) is 0 Å². The van der Waals surface area contributed by atoms with Crippen LogP contribution in [0, 0.1) is 5.41 Å². The number of rotatable bonds is 5. The van der Waals surface area contributed by atoms with Gasteiger partial charge in [0.25, 0.3) is 0 Å². The average molecular weight is 313 g/mol. The summed E-state index contributed by atoms with van der Waals surface area (Å²) in [4.78, 5) is 12.5. The molecular formula is C14H23N3O3S. The van der Waals surface area contributed by atoms with Crippen molar-refractivity contribution in [3.05, 3.63) is 24.3 Å². The van der Waals surface area contributed by atoms with Crippen LogP contribution >= 0.6 is 0 Å². The molecule has 4 N–H and O–H groups in total. The van der Waals surface area contributed by atoms with Crippen LogP contribution in [0.1, 0.15) is 27.7 Å². The molecule has 0 aliphatic carbocycles. The summed E-state index contributed by atoms with van der Waals surface area (Å²) in [6, 6.07) is 6.23. The topological polar surface area (TPSA) is 101 Å². The van der Waals surface area contributed by atoms with Gasteiger partial charge in [-0.1, -0.05) is 12.1 Å². The van der Waals surface area contributed by atoms with Gasteiger partial charge in [0.1, 0.15) is 4.90 Å². The van der Waals surface area contributed by atoms with Crippen molar-refractivity contribution in [3.63, 3.8) is 0 Å². The second-order valence-corrected chi connectivity index (χ2v) is 7.86. The van der Waals surface area contributed by atoms with Crippen molar-refractivity contribution >= 4 is 21.6 Å². The first-order valence-corrected chi connectivity index (χ1v) is 8.04. The predicted octanol–water partition coefficient (Wildman–Crippen LogP) is 1.30. The number of sulfonamides is 1. The van der Waals surface area contributed by atoms with E-state index < -0.39 is 21.0 Å². The maximum atomic E-state index is 12.4. The lowest BCUT2D eigenvalue weighted by Gasteiger charge is -2.37. The molecule has 0 aliphatic rings. The Hall–Kier alpha value is -1.44. The van der Waals surface area contributed by atoms with Gasteiger partial charge in [-0.25, -0.2) is 13.1 Å². The zero-order valence-corrected chi connectivity index (χ0v) is 13.8. The fourth-order valence-electron chi connectivity index (χ4n) is 1.49. The Morgan fingerprint density at radius 3 is 2.14 bits per heavy atom. The van der Waals surface area contributed by atoms with Crippen molar-refractivity contribution in [3.8, 4) is 0 Å². The fourth-order valence-corrected chi connectivity index (χ4v) is 2.37. The molecule has 0 saturated heterocycles. The van der Waals surface area contributed by atoms with E-state index in [-0.39, 0.29) is 16.5 Å². The van der Waals surface area contributed by atoms with Crippen molar-refractivity contribution in [1.29, 1.82) is 0 Å². The largest absolute Gasteiger partial charge is 0.325 e. The standard InChI is InChI=1S/C14H23N3O3S/c1-13(2,14(3,4)15)12(18)17-10-8-6-7-9-11(10)21(19,20)16-5/h6-9,16H,15H2,1-5H3,(H,17,18). The van der Waals surface area contributed by atoms with Gasteiger partial charge >= 0.3 is 0 Å². The highest BCUT2D eigenvalue weighted by atomic mass is 32.2. The lowest BCUT2D eigenvalue weighted by atomic mass is 9.74. The SMILES string of the molecule is CNS(=O)(=O)c1ccccc1NC(=O)C(C)(C)C(C)(C)N. The van der Waals surface area contributed by atoms with E-state index in [1.54, 1.807) is 45.9 Å². The quantitative estimate of drug-likeness (QED) is 0.762. The van der Waals surface area contributed by atoms with Gasteiger partial charge in [0.15, 0.2) is 0 Å². The van der Waals surface area contributed by atoms with Crippen molar-refractivity contribution in [2.45, 2.75) is 38.1 Å². The van der Waals surface area contributed by atoms with Crippen molar-refractivity contribution in [2.75, 3.05) is 12.4 Å². The van der Waals surface area contributed by atoms with E-state index in [2.05, 4.69) is 10.0 Å². The molecule has 1 rings (SSSR count). The predicted molar refractivity (Wildman–Crippen MR) is 83.4 cm³/mol. The molecule has 7 heteroatoms. The smallest absolute Gasteiger partial charge is 0.242 e. The number of hydrogen-bond acceptors (Lipinski definition) is 4. The fraction of sp³-hybridized carbons (Fsp3) is 0.500. The van der Waals surface area contributed by atoms with Crippen LogP contribution in [0.5, 0.6) is 0 Å². The van der Waals surface area contributed by atoms with E-state index in [9.17, 15) is 13.2 Å². The van der Waals surface area contributed by atoms with E-state index in [1.165, 1.54) is 13.1 Å². The van der Waals surface area contributed by atoms with Gasteiger partial charge in [0.05, 0.1) is 11.1 Å². The number of hydrogen-bond donors (Lipinski definition) is 3. The second kappa shape index (κ2) is 5.75. The summed E-state index contributed by atoms with van der Waals surface area (Å²) in [5, 5.41) is 2.66. The normalized spacial score (nSPS) is 13.0. The van der Waals surface area contributed by atoms with Gasteiger partial charge in [-0.15, -0.1) is 0 Å². The van der Waals surface area contributed by atoms with Gasteiger partial charge < -0.3 is 11.1 Å². The first kappa shape index (κ1) is 17.6. The molecule has 1 amide bonds. The summed E-state index contributed by atoms with van der Waals surface area (Å²) in [6.07, 6.45) is 0. The molecule has 0 aromatic heterocycles. The first-order valence-electron chi connectivity index (χ1n) is 6.56. The molecule has 6 nitrogen and oxygen atoms in total. The zero-order chi connectivity index (χ0) is 16.5. The number of nitrogens with two attached hydrogens (primary N) is 1. The molecule has 21 heavy (non-hydrogen) atoms. The highest BCUT2D eigenvalue weighted by molar-refractivity contribution is 7.89. The molecule has 0 atom stereocenters. The van der Waals surface area contributed by atoms with Gasteiger partial charge in [-0.05, 0) is 46.9 Å². The maximum absolute atomic E-state index is 12.4. The molecule has 0 aliphatic heterocycles. The minimum Gasteiger partial charge on any atom is -0.325 e. The molecule has 0 unspecified atom stereocenters. The summed E-state index contributed by atoms with van der Waals surface area (Å²) < 4.78 is 26.2. The van der Waals surface area contributed by atoms with Gasteiger partial charge in [0.2, 0.25) is 15.9 Å². The molecule has 118 valence electrons. The van der Waals surface area contributed by atoms with Crippen LogP contribution in [0.4, 0.5) is 5.69 Å². The Morgan fingerprint density at radius 1 is 1.14 bits per heavy atom. The van der Waals surface area contributed by atoms with Crippen LogP contribution in [-0.2, 0) is 14.8 Å². The number of nitrogens with one attached hydrogen (secondary N) is 2. The third kappa shape index (κ3) is 3.61. The molecule has 1 aromatic carbocycles. The van der Waals surface area contributed by atoms with Crippen molar-refractivity contribution < 1.29 is 13.2 Å². The van der Waals surface area contributed by atoms with Crippen LogP contribution in [-0.4, -0.2) is 26.9 Å². The summed E-state index contributed by atoms with van der Waals surface area (Å²) in [5.74, 6) is -0.339. The summed E-state index contributed by atoms with van der Waals surface area (Å²) in [5.41, 5.74) is 4.63. The van der Waals surface area contributed by atoms with E-state index in [1.807, 2.05) is 0 Å². The summed E-state index contributed by atoms with van der Waals surface area (Å²) >= 11 is 0. The second-order valence-electron chi connectivity index (χ2n) is 6.00. The Morgan fingerprint density at radius 2 is 1.67 bits per heavy atom. The van der Waals surface area contributed by atoms with E-state index in [0.29, 0.717) is 0 Å². The lowest BCUT2D eigenvalue weighted by Crippen LogP contribution is -2.53. The summed E-state index contributed by atoms with van der Waals surface area (Å²) in [7, 11) is -2.33. The van der Waals surface area contributed by atoms with Crippen LogP contribution < -0.4 is 15.8 Å². The highest BCUT2D eigenvalue weighted by Crippen LogP contribution is 2.31. The monoisotopic (exact) mass is 313 g/mol. The van der Waals surface area contributed by atoms with Crippen molar-refractivity contribution in [1.82, 2.24) is 4.72 Å². The molecule has 0 spiro atoms. The lowest BCUT2D eigenvalue weighted by molar-refractivity contribution is -0.126. The number of carbonyl (C=O) groups excluding carboxylic acids is 1. The Labute approximate surface area is 126 Å². The van der Waals surface area contributed by atoms with Crippen LogP contribution in [0.25, 0.3) is 0 Å². The Kier molecular flexibility index (Phi) is 4.82. The van der Waals surface area contributed by atoms with E-state index in [0.717, 1.165) is 0 Å². The molecule has 0 saturated carbocycles. The number of amides is 1. The number of benzene rings is 1. The molecule has 0 heterocycles. The number of anilines is 1. The average Bonchev–Trinajstić information content (AvgIpc) is 2.37. The summed E-state index contributed by atoms with van der Waals surface area (Å²) in [6.45, 7) is 6.95. The molecule has 0 fully saturated rings. The number of carbonyl (C=O) groups is 1. The highest BCUT2D eigenvalue weighted by Gasteiger charge is 2.40. The Bertz CT molecular complexity index is 631. The zero-order valence-electron chi connectivity index (χ0n) is 13.0. The third-order valence-electron chi connectivity index (χ3n) is 3.87. The van der Waals surface area contributed by atoms with E-state index in [4.69, 9.17) is 5.73 Å². The number of para-hydroxylation sites is 1. The molecule has 1 aromatic rings. The molecule has 0 radical (unpaired) electrons. The van der Waals surface area contributed by atoms with Gasteiger partial charge in [-0.3, -0.25) is 4.79 Å². The maximum Gasteiger partial charge on any atom is 0.242 e. The third-order valence-corrected chi connectivity index (χ3v) is 5.34. The minimum atomic E-state index is -3.65. The Balaban J connectivity index is 3.20. The van der Waals surface area contributed by atoms with Crippen molar-refractivity contribution in [2.24, 2.45) is 11.1 Å². The van der Waals surface area contributed by atoms with Gasteiger partial charge in [-0.2, -0.15) is 0 Å².